The number of aliphatic hydroxyl groups is 1. The summed E-state index contributed by atoms with van der Waals surface area (Å²) < 4.78 is 5.71. The van der Waals surface area contributed by atoms with Gasteiger partial charge < -0.3 is 20.5 Å². The maximum atomic E-state index is 13.2. The molecule has 0 aliphatic heterocycles. The van der Waals surface area contributed by atoms with Gasteiger partial charge in [-0.1, -0.05) is 72.8 Å². The zero-order valence-corrected chi connectivity index (χ0v) is 21.5. The summed E-state index contributed by atoms with van der Waals surface area (Å²) in [5.41, 5.74) is 1.81. The number of allylic oxidation sites excluding steroid dienone is 2. The maximum absolute atomic E-state index is 13.2. The Morgan fingerprint density at radius 2 is 1.51 bits per heavy atom. The predicted octanol–water partition coefficient (Wildman–Crippen LogP) is 3.90. The molecule has 0 bridgehead atoms. The van der Waals surface area contributed by atoms with Crippen LogP contribution in [0, 0.1) is 11.8 Å². The van der Waals surface area contributed by atoms with Crippen LogP contribution in [0.4, 0.5) is 0 Å². The van der Waals surface area contributed by atoms with Gasteiger partial charge in [-0.05, 0) is 37.3 Å². The molecule has 4 atom stereocenters. The van der Waals surface area contributed by atoms with E-state index in [0.29, 0.717) is 19.3 Å². The molecule has 2 aromatic rings. The van der Waals surface area contributed by atoms with Crippen molar-refractivity contribution in [2.24, 2.45) is 11.8 Å². The first-order valence-corrected chi connectivity index (χ1v) is 12.6. The van der Waals surface area contributed by atoms with E-state index < -0.39 is 23.9 Å². The van der Waals surface area contributed by atoms with Crippen LogP contribution >= 0.6 is 0 Å². The van der Waals surface area contributed by atoms with E-state index in [0.717, 1.165) is 11.1 Å². The molecule has 0 unspecified atom stereocenters. The molecular formula is C30H38N2O5. The lowest BCUT2D eigenvalue weighted by molar-refractivity contribution is -0.150. The number of ether oxygens (including phenoxy) is 1. The predicted molar refractivity (Wildman–Crippen MR) is 144 cm³/mol. The van der Waals surface area contributed by atoms with Crippen molar-refractivity contribution < 1.29 is 24.2 Å². The number of rotatable bonds is 16. The van der Waals surface area contributed by atoms with Crippen LogP contribution in [0.25, 0.3) is 0 Å². The summed E-state index contributed by atoms with van der Waals surface area (Å²) in [6.07, 6.45) is 4.53. The molecule has 0 heterocycles. The van der Waals surface area contributed by atoms with Crippen LogP contribution in [0.3, 0.4) is 0 Å². The lowest BCUT2D eigenvalue weighted by Gasteiger charge is -2.24. The molecule has 198 valence electrons. The molecule has 0 aliphatic rings. The molecule has 0 fully saturated rings. The van der Waals surface area contributed by atoms with Crippen LogP contribution < -0.4 is 10.6 Å². The molecular weight excluding hydrogens is 468 g/mol. The molecule has 0 saturated carbocycles. The van der Waals surface area contributed by atoms with E-state index in [4.69, 9.17) is 4.74 Å². The third-order valence-electron chi connectivity index (χ3n) is 5.96. The van der Waals surface area contributed by atoms with E-state index in [1.54, 1.807) is 19.1 Å². The van der Waals surface area contributed by atoms with E-state index in [1.807, 2.05) is 60.7 Å². The largest absolute Gasteiger partial charge is 0.463 e. The Morgan fingerprint density at radius 3 is 2.11 bits per heavy atom. The normalized spacial score (nSPS) is 13.9. The number of amides is 2. The molecule has 2 aromatic carbocycles. The minimum Gasteiger partial charge on any atom is -0.463 e. The number of hydrogen-bond donors (Lipinski definition) is 3. The van der Waals surface area contributed by atoms with Gasteiger partial charge in [0.05, 0.1) is 24.5 Å². The first-order chi connectivity index (χ1) is 17.9. The highest BCUT2D eigenvalue weighted by molar-refractivity contribution is 5.86. The summed E-state index contributed by atoms with van der Waals surface area (Å²) in [5, 5.41) is 14.8. The second-order valence-electron chi connectivity index (χ2n) is 9.09. The molecule has 0 saturated heterocycles. The van der Waals surface area contributed by atoms with Gasteiger partial charge >= 0.3 is 5.97 Å². The smallest absolute Gasteiger partial charge is 0.309 e. The minimum absolute atomic E-state index is 0.0500. The first kappa shape index (κ1) is 29.5. The number of hydrogen-bond acceptors (Lipinski definition) is 5. The molecule has 7 nitrogen and oxygen atoms in total. The van der Waals surface area contributed by atoms with Crippen LogP contribution in [-0.4, -0.2) is 42.1 Å². The highest BCUT2D eigenvalue weighted by atomic mass is 16.5. The van der Waals surface area contributed by atoms with Crippen molar-refractivity contribution in [2.75, 3.05) is 13.2 Å². The van der Waals surface area contributed by atoms with Gasteiger partial charge in [0.15, 0.2) is 0 Å². The van der Waals surface area contributed by atoms with Crippen molar-refractivity contribution in [1.82, 2.24) is 10.6 Å². The number of esters is 1. The van der Waals surface area contributed by atoms with Gasteiger partial charge in [-0.3, -0.25) is 14.4 Å². The molecule has 3 N–H and O–H groups in total. The Bertz CT molecular complexity index is 1010. The first-order valence-electron chi connectivity index (χ1n) is 12.6. The molecule has 0 aliphatic carbocycles. The van der Waals surface area contributed by atoms with Crippen LogP contribution in [0.15, 0.2) is 86.0 Å². The highest BCUT2D eigenvalue weighted by Crippen LogP contribution is 2.20. The summed E-state index contributed by atoms with van der Waals surface area (Å²) in [6.45, 7) is 8.91. The van der Waals surface area contributed by atoms with Gasteiger partial charge in [0.1, 0.15) is 6.61 Å². The van der Waals surface area contributed by atoms with E-state index in [1.165, 1.54) is 0 Å². The SMILES string of the molecule is C=CC[C@@H](CC(=O)N[C@H](C)CO)C(=O)N[C@@H](COC(=O)[C@H](CC=C)Cc1ccccc1)c1ccccc1. The summed E-state index contributed by atoms with van der Waals surface area (Å²) in [7, 11) is 0. The number of carbonyl (C=O) groups excluding carboxylic acids is 3. The van der Waals surface area contributed by atoms with Gasteiger partial charge in [0.25, 0.3) is 0 Å². The summed E-state index contributed by atoms with van der Waals surface area (Å²) in [4.78, 5) is 38.5. The molecule has 37 heavy (non-hydrogen) atoms. The average Bonchev–Trinajstić information content (AvgIpc) is 2.91. The Labute approximate surface area is 219 Å². The van der Waals surface area contributed by atoms with Crippen molar-refractivity contribution in [3.8, 4) is 0 Å². The van der Waals surface area contributed by atoms with Gasteiger partial charge in [-0.25, -0.2) is 0 Å². The van der Waals surface area contributed by atoms with E-state index in [2.05, 4.69) is 23.8 Å². The lowest BCUT2D eigenvalue weighted by Crippen LogP contribution is -2.41. The maximum Gasteiger partial charge on any atom is 0.309 e. The lowest BCUT2D eigenvalue weighted by atomic mass is 9.96. The number of nitrogens with one attached hydrogen (secondary N) is 2. The van der Waals surface area contributed by atoms with Crippen molar-refractivity contribution in [3.63, 3.8) is 0 Å². The number of aliphatic hydroxyl groups excluding tert-OH is 1. The quantitative estimate of drug-likeness (QED) is 0.237. The molecule has 0 aromatic heterocycles. The zero-order chi connectivity index (χ0) is 27.0. The van der Waals surface area contributed by atoms with Crippen molar-refractivity contribution in [1.29, 1.82) is 0 Å². The van der Waals surface area contributed by atoms with Crippen LogP contribution in [-0.2, 0) is 25.5 Å². The minimum atomic E-state index is -0.656. The van der Waals surface area contributed by atoms with E-state index in [9.17, 15) is 19.5 Å². The Morgan fingerprint density at radius 1 is 0.919 bits per heavy atom. The van der Waals surface area contributed by atoms with Gasteiger partial charge in [0, 0.05) is 12.5 Å². The fraction of sp³-hybridized carbons (Fsp3) is 0.367. The standard InChI is InChI=1S/C30H38N2O5/c1-4-12-25(19-28(34)31-22(3)20-33)29(35)32-27(24-16-10-7-11-17-24)21-37-30(36)26(13-5-2)18-23-14-8-6-9-15-23/h4-11,14-17,22,25-27,33H,1-2,12-13,18-21H2,3H3,(H,31,34)(H,32,35)/t22-,25+,26-,27+/m1/s1. The number of benzene rings is 2. The second-order valence-corrected chi connectivity index (χ2v) is 9.09. The topological polar surface area (TPSA) is 105 Å². The average molecular weight is 507 g/mol. The third kappa shape index (κ3) is 10.4. The summed E-state index contributed by atoms with van der Waals surface area (Å²) in [5.74, 6) is -2.09. The second kappa shape index (κ2) is 16.1. The molecule has 0 spiro atoms. The third-order valence-corrected chi connectivity index (χ3v) is 5.96. The summed E-state index contributed by atoms with van der Waals surface area (Å²) in [6, 6.07) is 18.0. The molecule has 7 heteroatoms. The van der Waals surface area contributed by atoms with E-state index in [-0.39, 0.29) is 37.4 Å². The fourth-order valence-corrected chi connectivity index (χ4v) is 3.93. The molecule has 0 radical (unpaired) electrons. The van der Waals surface area contributed by atoms with Crippen molar-refractivity contribution >= 4 is 17.8 Å². The summed E-state index contributed by atoms with van der Waals surface area (Å²) >= 11 is 0. The highest BCUT2D eigenvalue weighted by Gasteiger charge is 2.26. The Kier molecular flexibility index (Phi) is 12.9. The van der Waals surface area contributed by atoms with Crippen LogP contribution in [0.1, 0.15) is 43.4 Å². The van der Waals surface area contributed by atoms with Gasteiger partial charge in [0.2, 0.25) is 11.8 Å². The van der Waals surface area contributed by atoms with Crippen LogP contribution in [0.2, 0.25) is 0 Å². The van der Waals surface area contributed by atoms with Gasteiger partial charge in [-0.2, -0.15) is 0 Å². The fourth-order valence-electron chi connectivity index (χ4n) is 3.93. The van der Waals surface area contributed by atoms with E-state index >= 15 is 0 Å². The molecule has 2 rings (SSSR count). The van der Waals surface area contributed by atoms with Crippen molar-refractivity contribution in [3.05, 3.63) is 97.1 Å². The Balaban J connectivity index is 2.11. The monoisotopic (exact) mass is 506 g/mol. The molecule has 2 amide bonds. The number of carbonyl (C=O) groups is 3. The van der Waals surface area contributed by atoms with Gasteiger partial charge in [-0.15, -0.1) is 13.2 Å². The van der Waals surface area contributed by atoms with Crippen LogP contribution in [0.5, 0.6) is 0 Å². The zero-order valence-electron chi connectivity index (χ0n) is 21.5. The van der Waals surface area contributed by atoms with Crippen molar-refractivity contribution in [2.45, 2.75) is 44.7 Å². The Hall–Kier alpha value is -3.71.